The molecule has 1 aliphatic heterocycles. The Labute approximate surface area is 79.6 Å². The van der Waals surface area contributed by atoms with Crippen molar-refractivity contribution >= 4 is 10.4 Å². The van der Waals surface area contributed by atoms with Gasteiger partial charge in [0, 0.05) is 0 Å². The number of ether oxygens (including phenoxy) is 1. The van der Waals surface area contributed by atoms with Gasteiger partial charge in [0.2, 0.25) is 0 Å². The zero-order valence-electron chi connectivity index (χ0n) is 6.85. The van der Waals surface area contributed by atoms with Crippen LogP contribution in [0.5, 0.6) is 0 Å². The van der Waals surface area contributed by atoms with E-state index in [2.05, 4.69) is 8.92 Å². The minimum absolute atomic E-state index is 0.459. The van der Waals surface area contributed by atoms with Crippen molar-refractivity contribution in [1.29, 1.82) is 0 Å². The minimum atomic E-state index is -4.73. The van der Waals surface area contributed by atoms with E-state index in [1.54, 1.807) is 0 Å². The lowest BCUT2D eigenvalue weighted by Gasteiger charge is -2.33. The lowest BCUT2D eigenvalue weighted by Crippen LogP contribution is -2.54. The maximum atomic E-state index is 10.3. The molecule has 1 rings (SSSR count). The lowest BCUT2D eigenvalue weighted by molar-refractivity contribution is -0.247. The van der Waals surface area contributed by atoms with Gasteiger partial charge in [-0.1, -0.05) is 0 Å². The molecule has 0 aromatic rings. The van der Waals surface area contributed by atoms with Crippen LogP contribution in [-0.2, 0) is 19.3 Å². The maximum absolute atomic E-state index is 10.3. The fraction of sp³-hybridized carbons (Fsp3) is 1.00. The summed E-state index contributed by atoms with van der Waals surface area (Å²) in [5.41, 5.74) is 0. The van der Waals surface area contributed by atoms with Gasteiger partial charge in [-0.3, -0.25) is 4.55 Å². The third kappa shape index (κ3) is 2.85. The summed E-state index contributed by atoms with van der Waals surface area (Å²) in [7, 11) is -4.73. The molecule has 84 valence electrons. The summed E-state index contributed by atoms with van der Waals surface area (Å²) in [6.45, 7) is -0.459. The van der Waals surface area contributed by atoms with Gasteiger partial charge >= 0.3 is 10.4 Å². The minimum Gasteiger partial charge on any atom is -0.387 e. The van der Waals surface area contributed by atoms with Crippen LogP contribution in [0.1, 0.15) is 0 Å². The van der Waals surface area contributed by atoms with Crippen molar-refractivity contribution in [2.24, 2.45) is 0 Å². The molecule has 0 bridgehead atoms. The number of aliphatic hydroxyl groups is 3. The number of hydrogen-bond donors (Lipinski definition) is 4. The first-order valence-electron chi connectivity index (χ1n) is 3.63. The van der Waals surface area contributed by atoms with Crippen LogP contribution >= 0.6 is 0 Å². The second-order valence-electron chi connectivity index (χ2n) is 2.77. The summed E-state index contributed by atoms with van der Waals surface area (Å²) in [6.07, 6.45) is -6.38. The molecule has 4 N–H and O–H groups in total. The Kier molecular flexibility index (Phi) is 3.42. The van der Waals surface area contributed by atoms with E-state index in [9.17, 15) is 13.5 Å². The molecule has 1 saturated heterocycles. The smallest absolute Gasteiger partial charge is 0.387 e. The molecule has 1 fully saturated rings. The highest BCUT2D eigenvalue weighted by Gasteiger charge is 2.40. The fourth-order valence-corrected chi connectivity index (χ4v) is 1.50. The Morgan fingerprint density at radius 3 is 2.29 bits per heavy atom. The van der Waals surface area contributed by atoms with E-state index in [0.717, 1.165) is 0 Å². The first kappa shape index (κ1) is 11.8. The summed E-state index contributed by atoms with van der Waals surface area (Å²) >= 11 is 0. The predicted octanol–water partition coefficient (Wildman–Crippen LogP) is -2.76. The second-order valence-corrected chi connectivity index (χ2v) is 3.82. The van der Waals surface area contributed by atoms with E-state index in [-0.39, 0.29) is 0 Å². The maximum Gasteiger partial charge on any atom is 0.397 e. The number of aliphatic hydroxyl groups excluding tert-OH is 3. The zero-order valence-corrected chi connectivity index (χ0v) is 7.66. The Bertz CT molecular complexity index is 286. The van der Waals surface area contributed by atoms with Gasteiger partial charge in [-0.05, 0) is 0 Å². The first-order valence-corrected chi connectivity index (χ1v) is 4.99. The molecule has 0 spiro atoms. The molecule has 9 heteroatoms. The molecule has 0 radical (unpaired) electrons. The standard InChI is InChI=1S/C5H10O8S/c6-3-2(13-14(9,10)11)1-12-5(8)4(3)7/h2-8H,1H2,(H,9,10,11)/t2-,3?,4?,5-/m1/s1. The molecule has 1 heterocycles. The average Bonchev–Trinajstić information content (AvgIpc) is 2.04. The monoisotopic (exact) mass is 230 g/mol. The summed E-state index contributed by atoms with van der Waals surface area (Å²) in [5, 5.41) is 27.1. The summed E-state index contributed by atoms with van der Waals surface area (Å²) in [5.74, 6) is 0. The highest BCUT2D eigenvalue weighted by atomic mass is 32.3. The van der Waals surface area contributed by atoms with Crippen molar-refractivity contribution in [2.75, 3.05) is 6.61 Å². The van der Waals surface area contributed by atoms with Crippen molar-refractivity contribution in [3.63, 3.8) is 0 Å². The highest BCUT2D eigenvalue weighted by molar-refractivity contribution is 7.80. The Hall–Kier alpha value is -0.290. The van der Waals surface area contributed by atoms with Crippen LogP contribution in [0, 0.1) is 0 Å². The van der Waals surface area contributed by atoms with Crippen LogP contribution in [0.15, 0.2) is 0 Å². The van der Waals surface area contributed by atoms with E-state index >= 15 is 0 Å². The normalized spacial score (nSPS) is 39.7. The van der Waals surface area contributed by atoms with Crippen molar-refractivity contribution in [3.05, 3.63) is 0 Å². The molecule has 0 aromatic carbocycles. The third-order valence-electron chi connectivity index (χ3n) is 1.70. The first-order chi connectivity index (χ1) is 6.31. The van der Waals surface area contributed by atoms with Gasteiger partial charge in [0.15, 0.2) is 6.29 Å². The van der Waals surface area contributed by atoms with Crippen LogP contribution in [0.2, 0.25) is 0 Å². The van der Waals surface area contributed by atoms with Crippen molar-refractivity contribution < 1.29 is 37.2 Å². The van der Waals surface area contributed by atoms with Crippen LogP contribution in [0.4, 0.5) is 0 Å². The molecule has 0 aliphatic carbocycles. The molecule has 0 saturated carbocycles. The second kappa shape index (κ2) is 4.06. The highest BCUT2D eigenvalue weighted by Crippen LogP contribution is 2.17. The molecular weight excluding hydrogens is 220 g/mol. The third-order valence-corrected chi connectivity index (χ3v) is 2.19. The Morgan fingerprint density at radius 1 is 1.21 bits per heavy atom. The molecule has 0 aromatic heterocycles. The van der Waals surface area contributed by atoms with Crippen molar-refractivity contribution in [3.8, 4) is 0 Å². The van der Waals surface area contributed by atoms with Gasteiger partial charge in [-0.15, -0.1) is 0 Å². The quantitative estimate of drug-likeness (QED) is 0.375. The van der Waals surface area contributed by atoms with E-state index < -0.39 is 41.6 Å². The van der Waals surface area contributed by atoms with Gasteiger partial charge in [0.05, 0.1) is 6.61 Å². The molecule has 1 aliphatic rings. The number of hydrogen-bond acceptors (Lipinski definition) is 7. The van der Waals surface area contributed by atoms with E-state index in [0.29, 0.717) is 0 Å². The zero-order chi connectivity index (χ0) is 10.9. The van der Waals surface area contributed by atoms with Crippen LogP contribution < -0.4 is 0 Å². The number of rotatable bonds is 2. The van der Waals surface area contributed by atoms with Crippen LogP contribution in [0.3, 0.4) is 0 Å². The van der Waals surface area contributed by atoms with Gasteiger partial charge in [0.1, 0.15) is 18.3 Å². The van der Waals surface area contributed by atoms with Crippen LogP contribution in [-0.4, -0.2) is 59.5 Å². The molecule has 2 unspecified atom stereocenters. The Morgan fingerprint density at radius 2 is 1.79 bits per heavy atom. The summed E-state index contributed by atoms with van der Waals surface area (Å²) in [4.78, 5) is 0. The molecule has 0 amide bonds. The Balaban J connectivity index is 2.64. The average molecular weight is 230 g/mol. The summed E-state index contributed by atoms with van der Waals surface area (Å²) < 4.78 is 37.2. The van der Waals surface area contributed by atoms with Gasteiger partial charge < -0.3 is 20.1 Å². The van der Waals surface area contributed by atoms with Gasteiger partial charge in [-0.25, -0.2) is 4.18 Å². The van der Waals surface area contributed by atoms with E-state index in [4.69, 9.17) is 14.8 Å². The molecule has 14 heavy (non-hydrogen) atoms. The van der Waals surface area contributed by atoms with E-state index in [1.165, 1.54) is 0 Å². The van der Waals surface area contributed by atoms with Gasteiger partial charge in [0.25, 0.3) is 0 Å². The van der Waals surface area contributed by atoms with Crippen molar-refractivity contribution in [2.45, 2.75) is 24.6 Å². The summed E-state index contributed by atoms with van der Waals surface area (Å²) in [6, 6.07) is 0. The topological polar surface area (TPSA) is 134 Å². The van der Waals surface area contributed by atoms with Crippen LogP contribution in [0.25, 0.3) is 0 Å². The van der Waals surface area contributed by atoms with E-state index in [1.807, 2.05) is 0 Å². The predicted molar refractivity (Wildman–Crippen MR) is 40.4 cm³/mol. The fourth-order valence-electron chi connectivity index (χ4n) is 1.02. The molecular formula is C5H10O8S. The largest absolute Gasteiger partial charge is 0.397 e. The van der Waals surface area contributed by atoms with Gasteiger partial charge in [-0.2, -0.15) is 8.42 Å². The lowest BCUT2D eigenvalue weighted by atomic mass is 10.1. The molecule has 4 atom stereocenters. The SMILES string of the molecule is O=S(=O)(O)O[C@@H]1CO[C@@H](O)C(O)C1O. The van der Waals surface area contributed by atoms with Crippen molar-refractivity contribution in [1.82, 2.24) is 0 Å². The molecule has 8 nitrogen and oxygen atoms in total.